The topological polar surface area (TPSA) is 48.3 Å². The van der Waals surface area contributed by atoms with Crippen LogP contribution in [0.1, 0.15) is 24.8 Å². The summed E-state index contributed by atoms with van der Waals surface area (Å²) in [5.74, 6) is 0.800. The first-order valence-corrected chi connectivity index (χ1v) is 7.14. The molecule has 1 aromatic rings. The Hall–Kier alpha value is -1.57. The number of nitrogens with one attached hydrogen (secondary N) is 1. The number of ether oxygens (including phenoxy) is 1. The summed E-state index contributed by atoms with van der Waals surface area (Å²) in [6.07, 6.45) is 3.85. The van der Waals surface area contributed by atoms with Crippen molar-refractivity contribution < 1.29 is 4.74 Å². The van der Waals surface area contributed by atoms with Gasteiger partial charge in [-0.15, -0.1) is 0 Å². The highest BCUT2D eigenvalue weighted by Gasteiger charge is 2.38. The lowest BCUT2D eigenvalue weighted by atomic mass is 9.75. The minimum atomic E-state index is 0.0959. The molecule has 4 heteroatoms. The summed E-state index contributed by atoms with van der Waals surface area (Å²) in [4.78, 5) is 2.33. The number of hydrogen-bond donors (Lipinski definition) is 1. The molecule has 0 aromatic heterocycles. The van der Waals surface area contributed by atoms with E-state index in [0.717, 1.165) is 24.4 Å². The van der Waals surface area contributed by atoms with E-state index in [4.69, 9.17) is 10.00 Å². The van der Waals surface area contributed by atoms with Crippen LogP contribution in [0.2, 0.25) is 0 Å². The van der Waals surface area contributed by atoms with Crippen LogP contribution in [0.5, 0.6) is 5.75 Å². The highest BCUT2D eigenvalue weighted by molar-refractivity contribution is 5.33. The van der Waals surface area contributed by atoms with E-state index in [2.05, 4.69) is 24.3 Å². The molecule has 0 unspecified atom stereocenters. The molecule has 0 heterocycles. The number of para-hydroxylation sites is 1. The van der Waals surface area contributed by atoms with E-state index in [0.29, 0.717) is 5.54 Å². The molecular weight excluding hydrogens is 250 g/mol. The Balaban J connectivity index is 1.89. The van der Waals surface area contributed by atoms with Crippen molar-refractivity contribution in [3.05, 3.63) is 29.8 Å². The highest BCUT2D eigenvalue weighted by Crippen LogP contribution is 2.35. The second-order valence-corrected chi connectivity index (χ2v) is 5.63. The molecule has 108 valence electrons. The molecule has 0 atom stereocenters. The lowest BCUT2D eigenvalue weighted by molar-refractivity contribution is 0.0597. The van der Waals surface area contributed by atoms with Crippen LogP contribution in [0.3, 0.4) is 0 Å². The SMILES string of the molecule is CN(C)C1(CNCc2ccccc2OCC#N)CCC1. The Morgan fingerprint density at radius 2 is 2.10 bits per heavy atom. The monoisotopic (exact) mass is 273 g/mol. The molecule has 0 bridgehead atoms. The fourth-order valence-corrected chi connectivity index (χ4v) is 2.70. The third-order valence-electron chi connectivity index (χ3n) is 4.27. The molecule has 0 radical (unpaired) electrons. The zero-order valence-electron chi connectivity index (χ0n) is 12.4. The van der Waals surface area contributed by atoms with Crippen LogP contribution in [0.15, 0.2) is 24.3 Å². The number of likely N-dealkylation sites (N-methyl/N-ethyl adjacent to an activating group) is 1. The number of nitriles is 1. The summed E-state index contributed by atoms with van der Waals surface area (Å²) in [6.45, 7) is 1.86. The molecule has 1 saturated carbocycles. The van der Waals surface area contributed by atoms with Crippen LogP contribution in [-0.4, -0.2) is 37.7 Å². The van der Waals surface area contributed by atoms with Crippen molar-refractivity contribution in [3.8, 4) is 11.8 Å². The Labute approximate surface area is 121 Å². The number of benzene rings is 1. The van der Waals surface area contributed by atoms with E-state index in [1.54, 1.807) is 0 Å². The molecule has 0 saturated heterocycles. The summed E-state index contributed by atoms with van der Waals surface area (Å²) in [5, 5.41) is 12.1. The molecule has 0 spiro atoms. The summed E-state index contributed by atoms with van der Waals surface area (Å²) >= 11 is 0. The number of hydrogen-bond acceptors (Lipinski definition) is 4. The molecular formula is C16H23N3O. The van der Waals surface area contributed by atoms with Gasteiger partial charge in [-0.05, 0) is 39.4 Å². The summed E-state index contributed by atoms with van der Waals surface area (Å²) in [5.41, 5.74) is 1.43. The quantitative estimate of drug-likeness (QED) is 0.827. The van der Waals surface area contributed by atoms with Gasteiger partial charge in [-0.3, -0.25) is 0 Å². The summed E-state index contributed by atoms with van der Waals surface area (Å²) in [7, 11) is 4.32. The maximum Gasteiger partial charge on any atom is 0.174 e. The predicted molar refractivity (Wildman–Crippen MR) is 79.5 cm³/mol. The number of nitrogens with zero attached hydrogens (tertiary/aromatic N) is 2. The van der Waals surface area contributed by atoms with Crippen molar-refractivity contribution >= 4 is 0 Å². The molecule has 0 amide bonds. The van der Waals surface area contributed by atoms with Crippen molar-refractivity contribution in [1.82, 2.24) is 10.2 Å². The smallest absolute Gasteiger partial charge is 0.174 e. The summed E-state index contributed by atoms with van der Waals surface area (Å²) < 4.78 is 5.45. The van der Waals surface area contributed by atoms with Gasteiger partial charge < -0.3 is 15.0 Å². The third kappa shape index (κ3) is 3.30. The maximum absolute atomic E-state index is 8.61. The van der Waals surface area contributed by atoms with Gasteiger partial charge in [0.2, 0.25) is 0 Å². The average Bonchev–Trinajstić information content (AvgIpc) is 2.40. The van der Waals surface area contributed by atoms with E-state index >= 15 is 0 Å². The minimum absolute atomic E-state index is 0.0959. The van der Waals surface area contributed by atoms with Gasteiger partial charge in [0.1, 0.15) is 11.8 Å². The van der Waals surface area contributed by atoms with Crippen molar-refractivity contribution in [3.63, 3.8) is 0 Å². The molecule has 0 aliphatic heterocycles. The van der Waals surface area contributed by atoms with E-state index in [1.165, 1.54) is 19.3 Å². The van der Waals surface area contributed by atoms with Gasteiger partial charge in [-0.2, -0.15) is 5.26 Å². The van der Waals surface area contributed by atoms with Crippen molar-refractivity contribution in [1.29, 1.82) is 5.26 Å². The molecule has 4 nitrogen and oxygen atoms in total. The Morgan fingerprint density at radius 1 is 1.35 bits per heavy atom. The van der Waals surface area contributed by atoms with Gasteiger partial charge in [0.25, 0.3) is 0 Å². The van der Waals surface area contributed by atoms with Crippen molar-refractivity contribution in [2.75, 3.05) is 27.2 Å². The van der Waals surface area contributed by atoms with Crippen LogP contribution in [0.25, 0.3) is 0 Å². The van der Waals surface area contributed by atoms with Gasteiger partial charge >= 0.3 is 0 Å². The standard InChI is InChI=1S/C16H23N3O/c1-19(2)16(8-5-9-16)13-18-12-14-6-3-4-7-15(14)20-11-10-17/h3-4,6-7,18H,5,8-9,11-13H2,1-2H3. The van der Waals surface area contributed by atoms with Crippen molar-refractivity contribution in [2.24, 2.45) is 0 Å². The Kier molecular flexibility index (Phi) is 4.99. The lowest BCUT2D eigenvalue weighted by Gasteiger charge is -2.47. The van der Waals surface area contributed by atoms with E-state index < -0.39 is 0 Å². The van der Waals surface area contributed by atoms with Crippen LogP contribution >= 0.6 is 0 Å². The van der Waals surface area contributed by atoms with Gasteiger partial charge in [0.15, 0.2) is 6.61 Å². The first-order valence-electron chi connectivity index (χ1n) is 7.14. The van der Waals surface area contributed by atoms with Crippen molar-refractivity contribution in [2.45, 2.75) is 31.3 Å². The lowest BCUT2D eigenvalue weighted by Crippen LogP contribution is -2.56. The van der Waals surface area contributed by atoms with Crippen LogP contribution < -0.4 is 10.1 Å². The van der Waals surface area contributed by atoms with E-state index in [1.807, 2.05) is 30.3 Å². The molecule has 1 aliphatic rings. The first-order chi connectivity index (χ1) is 9.68. The van der Waals surface area contributed by atoms with Gasteiger partial charge in [-0.25, -0.2) is 0 Å². The fourth-order valence-electron chi connectivity index (χ4n) is 2.70. The molecule has 1 aromatic carbocycles. The molecule has 20 heavy (non-hydrogen) atoms. The van der Waals surface area contributed by atoms with Crippen LogP contribution in [0.4, 0.5) is 0 Å². The highest BCUT2D eigenvalue weighted by atomic mass is 16.5. The second kappa shape index (κ2) is 6.74. The predicted octanol–water partition coefficient (Wildman–Crippen LogP) is 2.16. The average molecular weight is 273 g/mol. The molecule has 1 fully saturated rings. The zero-order valence-corrected chi connectivity index (χ0v) is 12.4. The Morgan fingerprint density at radius 3 is 2.70 bits per heavy atom. The summed E-state index contributed by atoms with van der Waals surface area (Å²) in [6, 6.07) is 9.90. The van der Waals surface area contributed by atoms with E-state index in [9.17, 15) is 0 Å². The Bertz CT molecular complexity index is 475. The van der Waals surface area contributed by atoms with Gasteiger partial charge in [0, 0.05) is 24.2 Å². The van der Waals surface area contributed by atoms with E-state index in [-0.39, 0.29) is 6.61 Å². The zero-order chi connectivity index (χ0) is 14.4. The third-order valence-corrected chi connectivity index (χ3v) is 4.27. The molecule has 1 N–H and O–H groups in total. The number of rotatable bonds is 7. The fraction of sp³-hybridized carbons (Fsp3) is 0.562. The minimum Gasteiger partial charge on any atom is -0.478 e. The van der Waals surface area contributed by atoms with Gasteiger partial charge in [0.05, 0.1) is 0 Å². The second-order valence-electron chi connectivity index (χ2n) is 5.63. The van der Waals surface area contributed by atoms with Crippen LogP contribution in [-0.2, 0) is 6.54 Å². The largest absolute Gasteiger partial charge is 0.478 e. The normalized spacial score (nSPS) is 16.5. The van der Waals surface area contributed by atoms with Crippen LogP contribution in [0, 0.1) is 11.3 Å². The maximum atomic E-state index is 8.61. The molecule has 2 rings (SSSR count). The van der Waals surface area contributed by atoms with Gasteiger partial charge in [-0.1, -0.05) is 18.2 Å². The first kappa shape index (κ1) is 14.8. The molecule has 1 aliphatic carbocycles.